The van der Waals surface area contributed by atoms with Crippen LogP contribution in [0.25, 0.3) is 0 Å². The number of rotatable bonds is 3. The maximum absolute atomic E-state index is 4.25. The molecule has 0 aliphatic heterocycles. The molecular formula is C11H15N5. The average molecular weight is 217 g/mol. The van der Waals surface area contributed by atoms with Crippen molar-refractivity contribution in [1.29, 1.82) is 0 Å². The van der Waals surface area contributed by atoms with E-state index in [0.717, 1.165) is 17.2 Å². The molecule has 0 fully saturated rings. The lowest BCUT2D eigenvalue weighted by molar-refractivity contribution is 0.532. The van der Waals surface area contributed by atoms with E-state index in [0.29, 0.717) is 6.04 Å². The van der Waals surface area contributed by atoms with Gasteiger partial charge in [-0.15, -0.1) is 0 Å². The lowest BCUT2D eigenvalue weighted by Gasteiger charge is -2.04. The van der Waals surface area contributed by atoms with Crippen LogP contribution in [0, 0.1) is 6.92 Å². The van der Waals surface area contributed by atoms with E-state index in [1.54, 1.807) is 12.5 Å². The minimum absolute atomic E-state index is 0.364. The highest BCUT2D eigenvalue weighted by molar-refractivity contribution is 5.53. The lowest BCUT2D eigenvalue weighted by Crippen LogP contribution is -2.00. The zero-order chi connectivity index (χ0) is 11.5. The van der Waals surface area contributed by atoms with E-state index in [1.165, 1.54) is 0 Å². The van der Waals surface area contributed by atoms with Crippen molar-refractivity contribution in [3.05, 3.63) is 30.5 Å². The number of nitrogens with one attached hydrogen (secondary N) is 1. The molecule has 0 saturated heterocycles. The number of hydrogen-bond donors (Lipinski definition) is 1. The predicted octanol–water partition coefficient (Wildman–Crippen LogP) is 2.31. The fourth-order valence-electron chi connectivity index (χ4n) is 1.36. The van der Waals surface area contributed by atoms with E-state index in [2.05, 4.69) is 34.2 Å². The molecule has 1 N–H and O–H groups in total. The van der Waals surface area contributed by atoms with Crippen LogP contribution in [0.5, 0.6) is 0 Å². The quantitative estimate of drug-likeness (QED) is 0.857. The van der Waals surface area contributed by atoms with Crippen LogP contribution < -0.4 is 5.32 Å². The second-order valence-electron chi connectivity index (χ2n) is 3.97. The van der Waals surface area contributed by atoms with Crippen LogP contribution in [0.1, 0.15) is 25.6 Å². The highest BCUT2D eigenvalue weighted by atomic mass is 15.3. The van der Waals surface area contributed by atoms with E-state index >= 15 is 0 Å². The molecule has 2 aromatic rings. The molecule has 2 rings (SSSR count). The van der Waals surface area contributed by atoms with Crippen LogP contribution >= 0.6 is 0 Å². The third kappa shape index (κ3) is 2.36. The van der Waals surface area contributed by atoms with E-state index in [1.807, 2.05) is 23.9 Å². The van der Waals surface area contributed by atoms with E-state index in [-0.39, 0.29) is 0 Å². The molecule has 84 valence electrons. The number of anilines is 2. The van der Waals surface area contributed by atoms with Gasteiger partial charge in [0.05, 0.1) is 11.9 Å². The van der Waals surface area contributed by atoms with Gasteiger partial charge in [0.15, 0.2) is 0 Å². The topological polar surface area (TPSA) is 55.6 Å². The maximum Gasteiger partial charge on any atom is 0.134 e. The Balaban J connectivity index is 2.14. The van der Waals surface area contributed by atoms with Crippen LogP contribution in [0.3, 0.4) is 0 Å². The molecule has 5 nitrogen and oxygen atoms in total. The van der Waals surface area contributed by atoms with E-state index in [9.17, 15) is 0 Å². The number of hydrogen-bond acceptors (Lipinski definition) is 4. The van der Waals surface area contributed by atoms with Crippen LogP contribution in [0.4, 0.5) is 11.5 Å². The first kappa shape index (κ1) is 10.6. The molecule has 0 unspecified atom stereocenters. The Labute approximate surface area is 94.5 Å². The largest absolute Gasteiger partial charge is 0.338 e. The first-order chi connectivity index (χ1) is 7.65. The monoisotopic (exact) mass is 217 g/mol. The van der Waals surface area contributed by atoms with Crippen LogP contribution in [0.2, 0.25) is 0 Å². The zero-order valence-electron chi connectivity index (χ0n) is 9.68. The third-order valence-electron chi connectivity index (χ3n) is 2.21. The molecule has 2 aromatic heterocycles. The van der Waals surface area contributed by atoms with Gasteiger partial charge >= 0.3 is 0 Å². The molecule has 0 aliphatic carbocycles. The summed E-state index contributed by atoms with van der Waals surface area (Å²) in [4.78, 5) is 8.17. The fraction of sp³-hybridized carbons (Fsp3) is 0.364. The maximum atomic E-state index is 4.25. The van der Waals surface area contributed by atoms with Gasteiger partial charge in [-0.25, -0.2) is 9.97 Å². The van der Waals surface area contributed by atoms with Crippen LogP contribution in [-0.4, -0.2) is 19.7 Å². The van der Waals surface area contributed by atoms with E-state index in [4.69, 9.17) is 0 Å². The van der Waals surface area contributed by atoms with Crippen molar-refractivity contribution in [2.45, 2.75) is 26.8 Å². The molecule has 0 atom stereocenters. The molecule has 0 aromatic carbocycles. The van der Waals surface area contributed by atoms with Crippen molar-refractivity contribution < 1.29 is 0 Å². The summed E-state index contributed by atoms with van der Waals surface area (Å²) in [7, 11) is 0. The summed E-state index contributed by atoms with van der Waals surface area (Å²) in [6.07, 6.45) is 5.30. The molecule has 0 radical (unpaired) electrons. The van der Waals surface area contributed by atoms with Gasteiger partial charge in [-0.1, -0.05) is 0 Å². The summed E-state index contributed by atoms with van der Waals surface area (Å²) in [6.45, 7) is 6.11. The van der Waals surface area contributed by atoms with Crippen LogP contribution in [0.15, 0.2) is 24.8 Å². The predicted molar refractivity (Wildman–Crippen MR) is 62.7 cm³/mol. The van der Waals surface area contributed by atoms with Crippen molar-refractivity contribution in [3.63, 3.8) is 0 Å². The molecule has 5 heteroatoms. The minimum Gasteiger partial charge on any atom is -0.338 e. The first-order valence-corrected chi connectivity index (χ1v) is 5.25. The summed E-state index contributed by atoms with van der Waals surface area (Å²) < 4.78 is 1.90. The van der Waals surface area contributed by atoms with Gasteiger partial charge < -0.3 is 5.32 Å². The second-order valence-corrected chi connectivity index (χ2v) is 3.97. The summed E-state index contributed by atoms with van der Waals surface area (Å²) in [5, 5.41) is 7.43. The van der Waals surface area contributed by atoms with Gasteiger partial charge in [0.25, 0.3) is 0 Å². The van der Waals surface area contributed by atoms with Crippen LogP contribution in [-0.2, 0) is 0 Å². The molecule has 0 saturated carbocycles. The second kappa shape index (κ2) is 4.30. The summed E-state index contributed by atoms with van der Waals surface area (Å²) in [5.74, 6) is 0.788. The smallest absolute Gasteiger partial charge is 0.134 e. The highest BCUT2D eigenvalue weighted by Gasteiger charge is 2.02. The van der Waals surface area contributed by atoms with Crippen molar-refractivity contribution >= 4 is 11.5 Å². The third-order valence-corrected chi connectivity index (χ3v) is 2.21. The lowest BCUT2D eigenvalue weighted by atomic mass is 10.4. The zero-order valence-corrected chi connectivity index (χ0v) is 9.68. The Kier molecular flexibility index (Phi) is 2.85. The standard InChI is InChI=1S/C11H15N5/c1-8(2)16-6-10(5-14-16)15-11-4-9(3)12-7-13-11/h4-8H,1-3H3,(H,12,13,15). The van der Waals surface area contributed by atoms with Crippen molar-refractivity contribution in [1.82, 2.24) is 19.7 Å². The average Bonchev–Trinajstić information content (AvgIpc) is 2.66. The number of aryl methyl sites for hydroxylation is 1. The normalized spacial score (nSPS) is 10.8. The summed E-state index contributed by atoms with van der Waals surface area (Å²) in [6, 6.07) is 2.26. The summed E-state index contributed by atoms with van der Waals surface area (Å²) in [5.41, 5.74) is 1.88. The van der Waals surface area contributed by atoms with Crippen molar-refractivity contribution in [3.8, 4) is 0 Å². The Hall–Kier alpha value is -1.91. The van der Waals surface area contributed by atoms with Gasteiger partial charge in [0, 0.05) is 24.0 Å². The molecule has 0 aliphatic rings. The SMILES string of the molecule is Cc1cc(Nc2cnn(C(C)C)c2)ncn1. The number of nitrogens with zero attached hydrogens (tertiary/aromatic N) is 4. The van der Waals surface area contributed by atoms with Gasteiger partial charge in [0.1, 0.15) is 12.1 Å². The van der Waals surface area contributed by atoms with E-state index < -0.39 is 0 Å². The Morgan fingerprint density at radius 3 is 2.75 bits per heavy atom. The van der Waals surface area contributed by atoms with Gasteiger partial charge in [-0.05, 0) is 20.8 Å². The fourth-order valence-corrected chi connectivity index (χ4v) is 1.36. The first-order valence-electron chi connectivity index (χ1n) is 5.25. The summed E-state index contributed by atoms with van der Waals surface area (Å²) >= 11 is 0. The molecule has 0 amide bonds. The molecule has 16 heavy (non-hydrogen) atoms. The minimum atomic E-state index is 0.364. The van der Waals surface area contributed by atoms with Gasteiger partial charge in [-0.2, -0.15) is 5.10 Å². The van der Waals surface area contributed by atoms with Gasteiger partial charge in [-0.3, -0.25) is 4.68 Å². The molecular weight excluding hydrogens is 202 g/mol. The number of aromatic nitrogens is 4. The van der Waals surface area contributed by atoms with Gasteiger partial charge in [0.2, 0.25) is 0 Å². The molecule has 0 bridgehead atoms. The Bertz CT molecular complexity index is 475. The Morgan fingerprint density at radius 2 is 2.12 bits per heavy atom. The Morgan fingerprint density at radius 1 is 1.31 bits per heavy atom. The molecule has 2 heterocycles. The van der Waals surface area contributed by atoms with Crippen molar-refractivity contribution in [2.24, 2.45) is 0 Å². The highest BCUT2D eigenvalue weighted by Crippen LogP contribution is 2.15. The van der Waals surface area contributed by atoms with Crippen molar-refractivity contribution in [2.75, 3.05) is 5.32 Å². The molecule has 0 spiro atoms.